The number of pyridine rings is 1. The predicted molar refractivity (Wildman–Crippen MR) is 108 cm³/mol. The number of hydrogen-bond acceptors (Lipinski definition) is 5. The number of fused-ring (bicyclic) bond motifs is 1. The van der Waals surface area contributed by atoms with Crippen LogP contribution < -0.4 is 15.7 Å². The van der Waals surface area contributed by atoms with Gasteiger partial charge in [0.25, 0.3) is 5.91 Å². The first-order chi connectivity index (χ1) is 14.3. The molecule has 11 heteroatoms. The Morgan fingerprint density at radius 2 is 2.07 bits per heavy atom. The number of rotatable bonds is 9. The van der Waals surface area contributed by atoms with Gasteiger partial charge >= 0.3 is 5.69 Å². The molecule has 2 heterocycles. The number of carbonyl (C=O) groups is 1. The first kappa shape index (κ1) is 21.4. The van der Waals surface area contributed by atoms with Crippen LogP contribution in [0.25, 0.3) is 5.65 Å². The number of nitrogens with zero attached hydrogens (tertiary/aromatic N) is 3. The molecule has 3 aromatic rings. The maximum absolute atomic E-state index is 14.0. The lowest BCUT2D eigenvalue weighted by atomic mass is 10.2. The molecule has 0 saturated carbocycles. The Balaban J connectivity index is 1.62. The van der Waals surface area contributed by atoms with Gasteiger partial charge in [-0.2, -0.15) is 0 Å². The smallest absolute Gasteiger partial charge is 0.350 e. The van der Waals surface area contributed by atoms with Crippen LogP contribution >= 0.6 is 0 Å². The summed E-state index contributed by atoms with van der Waals surface area (Å²) in [4.78, 5) is 23.9. The molecular formula is C19H20FN5O4S. The van der Waals surface area contributed by atoms with Crippen LogP contribution in [0.5, 0.6) is 0 Å². The summed E-state index contributed by atoms with van der Waals surface area (Å²) in [7, 11) is -4.11. The standard InChI is InChI=1S/C19H20FN5O4S/c1-2-9-22-30(28,29)16-13-14(7-8-15(16)20)18(26)21-10-5-12-25-19(27)24-11-4-3-6-17(24)23-25/h2-4,6-8,11,13,22H,1,5,9-10,12H2,(H,21,26). The summed E-state index contributed by atoms with van der Waals surface area (Å²) in [6.45, 7) is 3.83. The van der Waals surface area contributed by atoms with Crippen molar-refractivity contribution < 1.29 is 17.6 Å². The highest BCUT2D eigenvalue weighted by molar-refractivity contribution is 7.89. The van der Waals surface area contributed by atoms with Gasteiger partial charge in [0.1, 0.15) is 10.7 Å². The fourth-order valence-corrected chi connectivity index (χ4v) is 3.84. The predicted octanol–water partition coefficient (Wildman–Crippen LogP) is 0.919. The van der Waals surface area contributed by atoms with Gasteiger partial charge in [0.2, 0.25) is 10.0 Å². The van der Waals surface area contributed by atoms with Crippen molar-refractivity contribution in [1.29, 1.82) is 0 Å². The summed E-state index contributed by atoms with van der Waals surface area (Å²) < 4.78 is 43.1. The van der Waals surface area contributed by atoms with Gasteiger partial charge in [0, 0.05) is 31.4 Å². The van der Waals surface area contributed by atoms with E-state index in [1.807, 2.05) is 0 Å². The van der Waals surface area contributed by atoms with E-state index in [1.165, 1.54) is 21.2 Å². The lowest BCUT2D eigenvalue weighted by Gasteiger charge is -2.09. The van der Waals surface area contributed by atoms with E-state index in [0.29, 0.717) is 12.1 Å². The summed E-state index contributed by atoms with van der Waals surface area (Å²) in [6.07, 6.45) is 3.36. The van der Waals surface area contributed by atoms with E-state index in [1.54, 1.807) is 24.4 Å². The molecule has 0 atom stereocenters. The lowest BCUT2D eigenvalue weighted by Crippen LogP contribution is -2.28. The van der Waals surface area contributed by atoms with E-state index in [0.717, 1.165) is 12.1 Å². The van der Waals surface area contributed by atoms with Gasteiger partial charge in [-0.15, -0.1) is 11.7 Å². The third kappa shape index (κ3) is 4.63. The van der Waals surface area contributed by atoms with Crippen LogP contribution in [0.3, 0.4) is 0 Å². The summed E-state index contributed by atoms with van der Waals surface area (Å²) in [5.74, 6) is -1.52. The van der Waals surface area contributed by atoms with Crippen LogP contribution in [0, 0.1) is 5.82 Å². The molecule has 0 aliphatic heterocycles. The highest BCUT2D eigenvalue weighted by Crippen LogP contribution is 2.16. The van der Waals surface area contributed by atoms with Crippen molar-refractivity contribution in [1.82, 2.24) is 24.2 Å². The molecule has 1 amide bonds. The normalized spacial score (nSPS) is 11.5. The van der Waals surface area contributed by atoms with E-state index >= 15 is 0 Å². The van der Waals surface area contributed by atoms with Crippen molar-refractivity contribution >= 4 is 21.6 Å². The molecule has 0 saturated heterocycles. The molecule has 158 valence electrons. The number of hydrogen-bond donors (Lipinski definition) is 2. The maximum Gasteiger partial charge on any atom is 0.350 e. The van der Waals surface area contributed by atoms with Crippen LogP contribution in [0.2, 0.25) is 0 Å². The Morgan fingerprint density at radius 3 is 2.80 bits per heavy atom. The van der Waals surface area contributed by atoms with Crippen molar-refractivity contribution in [3.63, 3.8) is 0 Å². The van der Waals surface area contributed by atoms with Crippen molar-refractivity contribution in [2.75, 3.05) is 13.1 Å². The number of aryl methyl sites for hydroxylation is 1. The van der Waals surface area contributed by atoms with Gasteiger partial charge in [0.15, 0.2) is 5.65 Å². The maximum atomic E-state index is 14.0. The third-order valence-corrected chi connectivity index (χ3v) is 5.66. The van der Waals surface area contributed by atoms with Crippen LogP contribution in [0.1, 0.15) is 16.8 Å². The Bertz CT molecular complexity index is 1250. The number of sulfonamides is 1. The Labute approximate surface area is 171 Å². The average molecular weight is 433 g/mol. The molecular weight excluding hydrogens is 413 g/mol. The monoisotopic (exact) mass is 433 g/mol. The van der Waals surface area contributed by atoms with E-state index in [2.05, 4.69) is 21.7 Å². The van der Waals surface area contributed by atoms with Crippen molar-refractivity contribution in [2.45, 2.75) is 17.9 Å². The van der Waals surface area contributed by atoms with Crippen LogP contribution in [0.15, 0.2) is 64.9 Å². The molecule has 0 spiro atoms. The van der Waals surface area contributed by atoms with Gasteiger partial charge in [-0.25, -0.2) is 27.0 Å². The molecule has 3 rings (SSSR count). The van der Waals surface area contributed by atoms with Crippen molar-refractivity contribution in [3.8, 4) is 0 Å². The fraction of sp³-hybridized carbons (Fsp3) is 0.211. The molecule has 2 N–H and O–H groups in total. The second kappa shape index (κ2) is 9.01. The molecule has 30 heavy (non-hydrogen) atoms. The number of amides is 1. The second-order valence-electron chi connectivity index (χ2n) is 6.33. The fourth-order valence-electron chi connectivity index (χ4n) is 2.74. The third-order valence-electron chi connectivity index (χ3n) is 4.22. The van der Waals surface area contributed by atoms with Gasteiger partial charge in [-0.3, -0.25) is 9.20 Å². The molecule has 0 fully saturated rings. The molecule has 0 aliphatic carbocycles. The second-order valence-corrected chi connectivity index (χ2v) is 8.07. The minimum absolute atomic E-state index is 0.000255. The molecule has 0 aliphatic rings. The van der Waals surface area contributed by atoms with E-state index < -0.39 is 26.6 Å². The largest absolute Gasteiger partial charge is 0.352 e. The Morgan fingerprint density at radius 1 is 1.27 bits per heavy atom. The Kier molecular flexibility index (Phi) is 6.43. The highest BCUT2D eigenvalue weighted by Gasteiger charge is 2.20. The molecule has 1 aromatic carbocycles. The lowest BCUT2D eigenvalue weighted by molar-refractivity contribution is 0.0952. The Hall–Kier alpha value is -3.31. The van der Waals surface area contributed by atoms with Crippen molar-refractivity contribution in [2.24, 2.45) is 0 Å². The van der Waals surface area contributed by atoms with Gasteiger partial charge < -0.3 is 5.32 Å². The quantitative estimate of drug-likeness (QED) is 0.385. The zero-order valence-electron chi connectivity index (χ0n) is 15.9. The van der Waals surface area contributed by atoms with Crippen LogP contribution in [-0.2, 0) is 16.6 Å². The minimum atomic E-state index is -4.11. The highest BCUT2D eigenvalue weighted by atomic mass is 32.2. The van der Waals surface area contributed by atoms with Crippen LogP contribution in [0.4, 0.5) is 4.39 Å². The first-order valence-corrected chi connectivity index (χ1v) is 10.5. The number of nitrogens with one attached hydrogen (secondary N) is 2. The number of halogens is 1. The van der Waals surface area contributed by atoms with Crippen LogP contribution in [-0.4, -0.2) is 41.6 Å². The van der Waals surface area contributed by atoms with E-state index in [9.17, 15) is 22.4 Å². The van der Waals surface area contributed by atoms with E-state index in [4.69, 9.17) is 0 Å². The topological polar surface area (TPSA) is 115 Å². The number of aromatic nitrogens is 3. The molecule has 2 aromatic heterocycles. The number of carbonyl (C=O) groups excluding carboxylic acids is 1. The van der Waals surface area contributed by atoms with Gasteiger partial charge in [-0.1, -0.05) is 12.1 Å². The van der Waals surface area contributed by atoms with E-state index in [-0.39, 0.29) is 30.9 Å². The minimum Gasteiger partial charge on any atom is -0.352 e. The summed E-state index contributed by atoms with van der Waals surface area (Å²) in [5, 5.41) is 6.81. The SMILES string of the molecule is C=CCNS(=O)(=O)c1cc(C(=O)NCCCn2nc3ccccn3c2=O)ccc1F. The zero-order chi connectivity index (χ0) is 21.7. The molecule has 0 unspecified atom stereocenters. The summed E-state index contributed by atoms with van der Waals surface area (Å²) in [5.41, 5.74) is 0.245. The zero-order valence-corrected chi connectivity index (χ0v) is 16.7. The summed E-state index contributed by atoms with van der Waals surface area (Å²) in [6, 6.07) is 8.31. The average Bonchev–Trinajstić information content (AvgIpc) is 3.05. The van der Waals surface area contributed by atoms with Crippen molar-refractivity contribution in [3.05, 3.63) is 77.1 Å². The molecule has 0 bridgehead atoms. The van der Waals surface area contributed by atoms with Gasteiger partial charge in [0.05, 0.1) is 0 Å². The summed E-state index contributed by atoms with van der Waals surface area (Å²) >= 11 is 0. The molecule has 9 nitrogen and oxygen atoms in total. The first-order valence-electron chi connectivity index (χ1n) is 9.06. The number of benzene rings is 1. The molecule has 0 radical (unpaired) electrons. The van der Waals surface area contributed by atoms with Gasteiger partial charge in [-0.05, 0) is 36.8 Å².